The number of likely N-dealkylation sites (tertiary alicyclic amines) is 1. The Labute approximate surface area is 174 Å². The van der Waals surface area contributed by atoms with Crippen LogP contribution in [0.3, 0.4) is 0 Å². The van der Waals surface area contributed by atoms with E-state index < -0.39 is 9.84 Å². The molecular formula is C18H29Cl2N3O3S. The normalized spacial score (nSPS) is 24.7. The van der Waals surface area contributed by atoms with E-state index in [1.165, 1.54) is 0 Å². The molecule has 3 rings (SSSR count). The number of benzene rings is 1. The lowest BCUT2D eigenvalue weighted by Crippen LogP contribution is -2.39. The van der Waals surface area contributed by atoms with Gasteiger partial charge in [-0.1, -0.05) is 19.1 Å². The summed E-state index contributed by atoms with van der Waals surface area (Å²) in [5.74, 6) is 0.494. The maximum Gasteiger partial charge on any atom is 0.253 e. The number of sulfone groups is 1. The van der Waals surface area contributed by atoms with Crippen LogP contribution in [-0.2, 0) is 16.4 Å². The van der Waals surface area contributed by atoms with E-state index in [0.717, 1.165) is 18.5 Å². The van der Waals surface area contributed by atoms with Gasteiger partial charge in [0.2, 0.25) is 0 Å². The molecule has 0 radical (unpaired) electrons. The lowest BCUT2D eigenvalue weighted by molar-refractivity contribution is 0.0776. The Balaban J connectivity index is 0.00000182. The molecule has 0 aliphatic carbocycles. The van der Waals surface area contributed by atoms with Crippen LogP contribution in [0.2, 0.25) is 0 Å². The molecule has 6 nitrogen and oxygen atoms in total. The number of carbonyl (C=O) groups excluding carboxylic acids is 1. The molecule has 0 bridgehead atoms. The average molecular weight is 438 g/mol. The molecule has 0 saturated carbocycles. The number of amides is 1. The van der Waals surface area contributed by atoms with Gasteiger partial charge in [-0.05, 0) is 36.1 Å². The van der Waals surface area contributed by atoms with Crippen LogP contribution >= 0.6 is 24.8 Å². The van der Waals surface area contributed by atoms with Crippen LogP contribution in [0.4, 0.5) is 0 Å². The van der Waals surface area contributed by atoms with E-state index in [9.17, 15) is 13.2 Å². The fraction of sp³-hybridized carbons (Fsp3) is 0.611. The minimum Gasteiger partial charge on any atom is -0.338 e. The van der Waals surface area contributed by atoms with Crippen molar-refractivity contribution in [3.63, 3.8) is 0 Å². The van der Waals surface area contributed by atoms with Crippen molar-refractivity contribution < 1.29 is 13.2 Å². The second kappa shape index (κ2) is 9.56. The summed E-state index contributed by atoms with van der Waals surface area (Å²) in [6.45, 7) is 5.97. The predicted molar refractivity (Wildman–Crippen MR) is 113 cm³/mol. The van der Waals surface area contributed by atoms with Crippen LogP contribution in [0.25, 0.3) is 0 Å². The molecule has 1 aromatic carbocycles. The Kier molecular flexibility index (Phi) is 8.56. The molecule has 27 heavy (non-hydrogen) atoms. The summed E-state index contributed by atoms with van der Waals surface area (Å²) < 4.78 is 23.1. The first-order chi connectivity index (χ1) is 11.8. The fourth-order valence-electron chi connectivity index (χ4n) is 3.52. The second-order valence-corrected chi connectivity index (χ2v) is 9.92. The quantitative estimate of drug-likeness (QED) is 0.772. The van der Waals surface area contributed by atoms with E-state index in [2.05, 4.69) is 11.8 Å². The summed E-state index contributed by atoms with van der Waals surface area (Å²) in [4.78, 5) is 16.8. The number of halogens is 2. The molecule has 1 atom stereocenters. The van der Waals surface area contributed by atoms with E-state index in [4.69, 9.17) is 5.73 Å². The van der Waals surface area contributed by atoms with Crippen molar-refractivity contribution in [2.24, 2.45) is 11.1 Å². The van der Waals surface area contributed by atoms with E-state index in [1.807, 2.05) is 29.2 Å². The Morgan fingerprint density at radius 3 is 2.44 bits per heavy atom. The topological polar surface area (TPSA) is 83.7 Å². The number of nitrogens with two attached hydrogens (primary N) is 1. The standard InChI is InChI=1S/C18H27N3O3S.2ClH/c1-18(13-19)5-6-21(14-18)17(22)16-4-2-3-15(11-16)12-20-7-9-25(23,24)10-8-20;;/h2-4,11H,5-10,12-14,19H2,1H3;2*1H. The fourth-order valence-corrected chi connectivity index (χ4v) is 4.79. The van der Waals surface area contributed by atoms with Crippen LogP contribution in [0.15, 0.2) is 24.3 Å². The van der Waals surface area contributed by atoms with Crippen LogP contribution < -0.4 is 5.73 Å². The molecule has 2 saturated heterocycles. The maximum absolute atomic E-state index is 12.8. The minimum absolute atomic E-state index is 0. The van der Waals surface area contributed by atoms with Crippen molar-refractivity contribution in [1.29, 1.82) is 0 Å². The number of hydrogen-bond acceptors (Lipinski definition) is 5. The molecule has 154 valence electrons. The summed E-state index contributed by atoms with van der Waals surface area (Å²) in [5.41, 5.74) is 7.60. The molecular weight excluding hydrogens is 409 g/mol. The summed E-state index contributed by atoms with van der Waals surface area (Å²) >= 11 is 0. The molecule has 2 aliphatic heterocycles. The molecule has 2 heterocycles. The van der Waals surface area contributed by atoms with Gasteiger partial charge in [-0.25, -0.2) is 8.42 Å². The van der Waals surface area contributed by atoms with Crippen LogP contribution in [0.1, 0.15) is 29.3 Å². The Bertz CT molecular complexity index is 746. The van der Waals surface area contributed by atoms with Gasteiger partial charge >= 0.3 is 0 Å². The number of rotatable bonds is 4. The third-order valence-corrected chi connectivity index (χ3v) is 6.96. The zero-order valence-corrected chi connectivity index (χ0v) is 18.0. The number of carbonyl (C=O) groups is 1. The van der Waals surface area contributed by atoms with Gasteiger partial charge in [0, 0.05) is 38.3 Å². The molecule has 0 aromatic heterocycles. The van der Waals surface area contributed by atoms with Gasteiger partial charge in [-0.3, -0.25) is 9.69 Å². The van der Waals surface area contributed by atoms with Crippen molar-refractivity contribution in [3.05, 3.63) is 35.4 Å². The summed E-state index contributed by atoms with van der Waals surface area (Å²) in [7, 11) is -2.87. The Morgan fingerprint density at radius 2 is 1.85 bits per heavy atom. The van der Waals surface area contributed by atoms with Gasteiger partial charge in [-0.2, -0.15) is 0 Å². The Morgan fingerprint density at radius 1 is 1.19 bits per heavy atom. The van der Waals surface area contributed by atoms with Gasteiger partial charge in [0.15, 0.2) is 9.84 Å². The van der Waals surface area contributed by atoms with Crippen molar-refractivity contribution in [2.45, 2.75) is 19.9 Å². The van der Waals surface area contributed by atoms with Crippen LogP contribution in [0, 0.1) is 5.41 Å². The SMILES string of the molecule is CC1(CN)CCN(C(=O)c2cccc(CN3CCS(=O)(=O)CC3)c2)C1.Cl.Cl. The first kappa shape index (κ1) is 24.2. The average Bonchev–Trinajstić information content (AvgIpc) is 2.99. The second-order valence-electron chi connectivity index (χ2n) is 7.62. The van der Waals surface area contributed by atoms with Crippen molar-refractivity contribution in [3.8, 4) is 0 Å². The van der Waals surface area contributed by atoms with E-state index in [-0.39, 0.29) is 47.6 Å². The molecule has 2 N–H and O–H groups in total. The third kappa shape index (κ3) is 6.06. The first-order valence-corrected chi connectivity index (χ1v) is 10.6. The van der Waals surface area contributed by atoms with Gasteiger partial charge in [0.25, 0.3) is 5.91 Å². The molecule has 0 spiro atoms. The molecule has 1 amide bonds. The highest BCUT2D eigenvalue weighted by Gasteiger charge is 2.35. The highest BCUT2D eigenvalue weighted by Crippen LogP contribution is 2.29. The smallest absolute Gasteiger partial charge is 0.253 e. The van der Waals surface area contributed by atoms with E-state index >= 15 is 0 Å². The van der Waals surface area contributed by atoms with Gasteiger partial charge < -0.3 is 10.6 Å². The molecule has 1 aromatic rings. The van der Waals surface area contributed by atoms with Crippen LogP contribution in [-0.4, -0.2) is 68.4 Å². The maximum atomic E-state index is 12.8. The van der Waals surface area contributed by atoms with Crippen LogP contribution in [0.5, 0.6) is 0 Å². The predicted octanol–water partition coefficient (Wildman–Crippen LogP) is 1.57. The summed E-state index contributed by atoms with van der Waals surface area (Å²) in [5, 5.41) is 0. The van der Waals surface area contributed by atoms with Crippen molar-refractivity contribution in [1.82, 2.24) is 9.80 Å². The van der Waals surface area contributed by atoms with Gasteiger partial charge in [0.1, 0.15) is 0 Å². The zero-order chi connectivity index (χ0) is 18.1. The summed E-state index contributed by atoms with van der Waals surface area (Å²) in [6, 6.07) is 7.68. The highest BCUT2D eigenvalue weighted by molar-refractivity contribution is 7.91. The lowest BCUT2D eigenvalue weighted by atomic mass is 9.90. The first-order valence-electron chi connectivity index (χ1n) is 8.81. The molecule has 2 aliphatic rings. The third-order valence-electron chi connectivity index (χ3n) is 5.36. The summed E-state index contributed by atoms with van der Waals surface area (Å²) in [6.07, 6.45) is 0.942. The van der Waals surface area contributed by atoms with E-state index in [0.29, 0.717) is 38.3 Å². The lowest BCUT2D eigenvalue weighted by Gasteiger charge is -2.26. The Hall–Kier alpha value is -0.860. The monoisotopic (exact) mass is 437 g/mol. The minimum atomic E-state index is -2.87. The largest absolute Gasteiger partial charge is 0.338 e. The van der Waals surface area contributed by atoms with E-state index in [1.54, 1.807) is 0 Å². The number of hydrogen-bond donors (Lipinski definition) is 1. The van der Waals surface area contributed by atoms with Crippen molar-refractivity contribution >= 4 is 40.6 Å². The molecule has 2 fully saturated rings. The van der Waals surface area contributed by atoms with Gasteiger partial charge in [-0.15, -0.1) is 24.8 Å². The number of nitrogens with zero attached hydrogens (tertiary/aromatic N) is 2. The molecule has 9 heteroatoms. The zero-order valence-electron chi connectivity index (χ0n) is 15.6. The van der Waals surface area contributed by atoms with Crippen molar-refractivity contribution in [2.75, 3.05) is 44.2 Å². The highest BCUT2D eigenvalue weighted by atomic mass is 35.5. The molecule has 1 unspecified atom stereocenters. The van der Waals surface area contributed by atoms with Gasteiger partial charge in [0.05, 0.1) is 11.5 Å².